The Bertz CT molecular complexity index is 1000. The Kier molecular flexibility index (Phi) is 3.81. The van der Waals surface area contributed by atoms with E-state index in [0.29, 0.717) is 10.6 Å². The van der Waals surface area contributed by atoms with Crippen molar-refractivity contribution >= 4 is 44.0 Å². The SMILES string of the molecule is O=C1Nc2scc(-c3cccc(Br)c3)c2C(=O)C1(F)c1ccccc1. The van der Waals surface area contributed by atoms with Crippen molar-refractivity contribution in [1.29, 1.82) is 0 Å². The van der Waals surface area contributed by atoms with E-state index in [1.165, 1.54) is 23.5 Å². The first-order chi connectivity index (χ1) is 12.0. The third kappa shape index (κ3) is 2.44. The molecule has 0 radical (unpaired) electrons. The second-order valence-corrected chi connectivity index (χ2v) is 7.47. The van der Waals surface area contributed by atoms with E-state index in [2.05, 4.69) is 21.2 Å². The number of hydrogen-bond acceptors (Lipinski definition) is 3. The summed E-state index contributed by atoms with van der Waals surface area (Å²) in [6.45, 7) is 0. The molecule has 1 aromatic heterocycles. The number of alkyl halides is 1. The van der Waals surface area contributed by atoms with Crippen LogP contribution in [-0.4, -0.2) is 11.7 Å². The van der Waals surface area contributed by atoms with Gasteiger partial charge in [-0.05, 0) is 17.7 Å². The Balaban J connectivity index is 1.90. The van der Waals surface area contributed by atoms with E-state index in [-0.39, 0.29) is 11.1 Å². The van der Waals surface area contributed by atoms with Crippen LogP contribution >= 0.6 is 27.3 Å². The van der Waals surface area contributed by atoms with Crippen molar-refractivity contribution in [3.8, 4) is 11.1 Å². The van der Waals surface area contributed by atoms with Gasteiger partial charge in [0.1, 0.15) is 5.00 Å². The monoisotopic (exact) mass is 415 g/mol. The molecule has 25 heavy (non-hydrogen) atoms. The highest BCUT2D eigenvalue weighted by molar-refractivity contribution is 9.10. The Hall–Kier alpha value is -2.31. The molecule has 1 amide bonds. The van der Waals surface area contributed by atoms with Crippen LogP contribution in [0.5, 0.6) is 0 Å². The van der Waals surface area contributed by atoms with Crippen LogP contribution in [0.4, 0.5) is 9.39 Å². The van der Waals surface area contributed by atoms with Gasteiger partial charge in [-0.25, -0.2) is 4.39 Å². The number of benzene rings is 2. The summed E-state index contributed by atoms with van der Waals surface area (Å²) in [7, 11) is 0. The maximum Gasteiger partial charge on any atom is 0.275 e. The zero-order valence-electron chi connectivity index (χ0n) is 12.8. The summed E-state index contributed by atoms with van der Waals surface area (Å²) in [5.74, 6) is -1.77. The molecule has 1 N–H and O–H groups in total. The summed E-state index contributed by atoms with van der Waals surface area (Å²) in [6, 6.07) is 15.2. The number of carbonyl (C=O) groups is 2. The first-order valence-electron chi connectivity index (χ1n) is 7.50. The lowest BCUT2D eigenvalue weighted by Crippen LogP contribution is -2.47. The Morgan fingerprint density at radius 2 is 1.80 bits per heavy atom. The molecule has 1 aliphatic heterocycles. The molecule has 0 fully saturated rings. The number of rotatable bonds is 2. The maximum atomic E-state index is 15.7. The smallest absolute Gasteiger partial charge is 0.275 e. The van der Waals surface area contributed by atoms with Gasteiger partial charge in [0.15, 0.2) is 0 Å². The molecule has 1 atom stereocenters. The first-order valence-corrected chi connectivity index (χ1v) is 9.17. The zero-order chi connectivity index (χ0) is 17.6. The number of ketones is 1. The van der Waals surface area contributed by atoms with E-state index in [9.17, 15) is 9.59 Å². The van der Waals surface area contributed by atoms with E-state index in [0.717, 1.165) is 10.0 Å². The molecule has 4 rings (SSSR count). The molecular formula is C19H11BrFNO2S. The number of amides is 1. The average molecular weight is 416 g/mol. The maximum absolute atomic E-state index is 15.7. The fourth-order valence-corrected chi connectivity index (χ4v) is 4.30. The van der Waals surface area contributed by atoms with E-state index in [4.69, 9.17) is 0 Å². The Labute approximate surface area is 155 Å². The molecule has 3 aromatic rings. The van der Waals surface area contributed by atoms with Crippen molar-refractivity contribution in [2.45, 2.75) is 5.67 Å². The van der Waals surface area contributed by atoms with Gasteiger partial charge >= 0.3 is 0 Å². The van der Waals surface area contributed by atoms with Crippen molar-refractivity contribution in [3.05, 3.63) is 75.6 Å². The summed E-state index contributed by atoms with van der Waals surface area (Å²) < 4.78 is 16.5. The molecule has 0 spiro atoms. The number of Topliss-reactive ketones (excluding diaryl/α,β-unsaturated/α-hetero) is 1. The minimum absolute atomic E-state index is 0.0366. The predicted octanol–water partition coefficient (Wildman–Crippen LogP) is 5.18. The van der Waals surface area contributed by atoms with Crippen LogP contribution in [0.3, 0.4) is 0 Å². The van der Waals surface area contributed by atoms with Crippen LogP contribution in [0.2, 0.25) is 0 Å². The fraction of sp³-hybridized carbons (Fsp3) is 0.0526. The molecule has 2 aromatic carbocycles. The van der Waals surface area contributed by atoms with Crippen molar-refractivity contribution in [3.63, 3.8) is 0 Å². The summed E-state index contributed by atoms with van der Waals surface area (Å²) in [6.07, 6.45) is 0. The highest BCUT2D eigenvalue weighted by Crippen LogP contribution is 2.45. The lowest BCUT2D eigenvalue weighted by molar-refractivity contribution is -0.125. The van der Waals surface area contributed by atoms with Crippen LogP contribution < -0.4 is 5.32 Å². The molecule has 2 heterocycles. The highest BCUT2D eigenvalue weighted by atomic mass is 79.9. The number of carbonyl (C=O) groups excluding carboxylic acids is 2. The molecule has 1 unspecified atom stereocenters. The third-order valence-corrected chi connectivity index (χ3v) is 5.57. The number of nitrogens with one attached hydrogen (secondary N) is 1. The topological polar surface area (TPSA) is 46.2 Å². The molecule has 124 valence electrons. The van der Waals surface area contributed by atoms with Gasteiger partial charge in [0.2, 0.25) is 5.78 Å². The molecule has 0 aliphatic carbocycles. The number of anilines is 1. The van der Waals surface area contributed by atoms with E-state index < -0.39 is 17.4 Å². The van der Waals surface area contributed by atoms with Gasteiger partial charge in [-0.3, -0.25) is 9.59 Å². The van der Waals surface area contributed by atoms with Crippen LogP contribution in [0.1, 0.15) is 15.9 Å². The van der Waals surface area contributed by atoms with Gasteiger partial charge in [-0.1, -0.05) is 58.4 Å². The van der Waals surface area contributed by atoms with Crippen LogP contribution in [0.25, 0.3) is 11.1 Å². The van der Waals surface area contributed by atoms with Crippen LogP contribution in [0.15, 0.2) is 64.5 Å². The summed E-state index contributed by atoms with van der Waals surface area (Å²) >= 11 is 4.62. The first kappa shape index (κ1) is 16.2. The lowest BCUT2D eigenvalue weighted by Gasteiger charge is -2.28. The minimum atomic E-state index is -2.73. The second-order valence-electron chi connectivity index (χ2n) is 5.67. The Morgan fingerprint density at radius 3 is 2.52 bits per heavy atom. The zero-order valence-corrected chi connectivity index (χ0v) is 15.2. The summed E-state index contributed by atoms with van der Waals surface area (Å²) in [5, 5.41) is 4.70. The Morgan fingerprint density at radius 1 is 1.04 bits per heavy atom. The van der Waals surface area contributed by atoms with Crippen molar-refractivity contribution in [2.24, 2.45) is 0 Å². The molecule has 3 nitrogen and oxygen atoms in total. The third-order valence-electron chi connectivity index (χ3n) is 4.18. The van der Waals surface area contributed by atoms with Crippen molar-refractivity contribution < 1.29 is 14.0 Å². The quantitative estimate of drug-likeness (QED) is 0.586. The number of fused-ring (bicyclic) bond motifs is 1. The van der Waals surface area contributed by atoms with Crippen molar-refractivity contribution in [2.75, 3.05) is 5.32 Å². The molecule has 1 aliphatic rings. The van der Waals surface area contributed by atoms with E-state index in [1.807, 2.05) is 24.3 Å². The van der Waals surface area contributed by atoms with Gasteiger partial charge in [-0.2, -0.15) is 0 Å². The average Bonchev–Trinajstić information content (AvgIpc) is 3.04. The van der Waals surface area contributed by atoms with Gasteiger partial charge in [-0.15, -0.1) is 11.3 Å². The fourth-order valence-electron chi connectivity index (χ4n) is 2.94. The minimum Gasteiger partial charge on any atom is -0.314 e. The summed E-state index contributed by atoms with van der Waals surface area (Å²) in [5.41, 5.74) is -1.07. The molecule has 0 bridgehead atoms. The number of hydrogen-bond donors (Lipinski definition) is 1. The van der Waals surface area contributed by atoms with Crippen LogP contribution in [0, 0.1) is 0 Å². The van der Waals surface area contributed by atoms with Gasteiger partial charge in [0.25, 0.3) is 11.6 Å². The highest BCUT2D eigenvalue weighted by Gasteiger charge is 2.53. The lowest BCUT2D eigenvalue weighted by atomic mass is 9.83. The van der Waals surface area contributed by atoms with E-state index >= 15 is 4.39 Å². The number of halogens is 2. The molecular weight excluding hydrogens is 405 g/mol. The predicted molar refractivity (Wildman–Crippen MR) is 99.6 cm³/mol. The number of thiophene rings is 1. The van der Waals surface area contributed by atoms with Crippen LogP contribution in [-0.2, 0) is 10.5 Å². The normalized spacial score (nSPS) is 19.4. The van der Waals surface area contributed by atoms with E-state index in [1.54, 1.807) is 23.6 Å². The van der Waals surface area contributed by atoms with Crippen molar-refractivity contribution in [1.82, 2.24) is 0 Å². The largest absolute Gasteiger partial charge is 0.314 e. The molecule has 6 heteroatoms. The molecule has 0 saturated carbocycles. The van der Waals surface area contributed by atoms with Gasteiger partial charge < -0.3 is 5.32 Å². The standard InChI is InChI=1S/C19H11BrFNO2S/c20-13-8-4-5-11(9-13)14-10-25-17-15(14)16(23)19(21,18(24)22-17)12-6-2-1-3-7-12/h1-10H,(H,22,24). The van der Waals surface area contributed by atoms with Gasteiger partial charge in [0.05, 0.1) is 5.56 Å². The second kappa shape index (κ2) is 5.89. The van der Waals surface area contributed by atoms with Gasteiger partial charge in [0, 0.05) is 21.0 Å². The molecule has 0 saturated heterocycles. The summed E-state index contributed by atoms with van der Waals surface area (Å²) in [4.78, 5) is 25.4.